The lowest BCUT2D eigenvalue weighted by atomic mass is 10.2. The van der Waals surface area contributed by atoms with Crippen LogP contribution in [-0.2, 0) is 4.79 Å². The van der Waals surface area contributed by atoms with Crippen molar-refractivity contribution in [2.75, 3.05) is 7.11 Å². The van der Waals surface area contributed by atoms with Crippen molar-refractivity contribution in [3.05, 3.63) is 48.5 Å². The van der Waals surface area contributed by atoms with Crippen molar-refractivity contribution >= 4 is 11.8 Å². The summed E-state index contributed by atoms with van der Waals surface area (Å²) in [5.74, 6) is 1.79. The normalized spacial score (nSPS) is 9.39. The van der Waals surface area contributed by atoms with Crippen LogP contribution in [0.15, 0.2) is 53.5 Å². The minimum atomic E-state index is 0.390. The lowest BCUT2D eigenvalue weighted by Gasteiger charge is -2.08. The van der Waals surface area contributed by atoms with E-state index < -0.39 is 0 Å². The maximum atomic E-state index is 10.3. The molecule has 0 aliphatic rings. The molecule has 4 nitrogen and oxygen atoms in total. The van der Waals surface area contributed by atoms with Crippen LogP contribution in [0.4, 0.5) is 5.69 Å². The molecule has 18 heavy (non-hydrogen) atoms. The van der Waals surface area contributed by atoms with E-state index in [1.807, 2.05) is 30.3 Å². The second-order valence-electron chi connectivity index (χ2n) is 3.45. The maximum Gasteiger partial charge on any atom is 0.240 e. The van der Waals surface area contributed by atoms with E-state index in [1.54, 1.807) is 18.2 Å². The van der Waals surface area contributed by atoms with Crippen molar-refractivity contribution in [2.45, 2.75) is 0 Å². The van der Waals surface area contributed by atoms with Gasteiger partial charge in [0.15, 0.2) is 0 Å². The first-order valence-corrected chi connectivity index (χ1v) is 5.32. The highest BCUT2D eigenvalue weighted by atomic mass is 16.5. The van der Waals surface area contributed by atoms with Crippen molar-refractivity contribution in [1.82, 2.24) is 0 Å². The van der Waals surface area contributed by atoms with Crippen LogP contribution >= 0.6 is 0 Å². The van der Waals surface area contributed by atoms with Crippen LogP contribution in [0.3, 0.4) is 0 Å². The van der Waals surface area contributed by atoms with E-state index in [9.17, 15) is 4.79 Å². The first-order chi connectivity index (χ1) is 8.83. The van der Waals surface area contributed by atoms with Crippen molar-refractivity contribution in [2.24, 2.45) is 4.99 Å². The van der Waals surface area contributed by atoms with Crippen molar-refractivity contribution in [1.29, 1.82) is 0 Å². The van der Waals surface area contributed by atoms with Crippen molar-refractivity contribution in [3.63, 3.8) is 0 Å². The summed E-state index contributed by atoms with van der Waals surface area (Å²) in [4.78, 5) is 13.9. The summed E-state index contributed by atoms with van der Waals surface area (Å²) in [6, 6.07) is 14.4. The first-order valence-electron chi connectivity index (χ1n) is 5.32. The van der Waals surface area contributed by atoms with Gasteiger partial charge in [-0.1, -0.05) is 18.2 Å². The molecule has 0 amide bonds. The number of isocyanates is 1. The van der Waals surface area contributed by atoms with Gasteiger partial charge in [0.1, 0.15) is 22.9 Å². The third-order valence-electron chi connectivity index (χ3n) is 2.30. The Balaban J connectivity index is 2.30. The highest BCUT2D eigenvalue weighted by molar-refractivity contribution is 5.60. The molecule has 0 spiro atoms. The SMILES string of the molecule is COc1ccc(Oc2ccccc2)cc1N=C=O. The van der Waals surface area contributed by atoms with Crippen LogP contribution in [0.25, 0.3) is 0 Å². The predicted molar refractivity (Wildman–Crippen MR) is 67.3 cm³/mol. The van der Waals surface area contributed by atoms with E-state index >= 15 is 0 Å². The number of ether oxygens (including phenoxy) is 2. The summed E-state index contributed by atoms with van der Waals surface area (Å²) in [7, 11) is 1.51. The molecule has 0 saturated heterocycles. The van der Waals surface area contributed by atoms with E-state index in [4.69, 9.17) is 9.47 Å². The standard InChI is InChI=1S/C14H11NO3/c1-17-14-8-7-12(9-13(14)15-10-16)18-11-5-3-2-4-6-11/h2-9H,1H3. The first kappa shape index (κ1) is 11.9. The summed E-state index contributed by atoms with van der Waals surface area (Å²) < 4.78 is 10.7. The van der Waals surface area contributed by atoms with Crippen LogP contribution in [-0.4, -0.2) is 13.2 Å². The fourth-order valence-electron chi connectivity index (χ4n) is 1.49. The Morgan fingerprint density at radius 2 is 1.83 bits per heavy atom. The van der Waals surface area contributed by atoms with Crippen molar-refractivity contribution < 1.29 is 14.3 Å². The average Bonchev–Trinajstić information content (AvgIpc) is 2.41. The molecule has 0 N–H and O–H groups in total. The van der Waals surface area contributed by atoms with E-state index in [-0.39, 0.29) is 0 Å². The lowest BCUT2D eigenvalue weighted by molar-refractivity contribution is 0.414. The number of benzene rings is 2. The van der Waals surface area contributed by atoms with E-state index in [1.165, 1.54) is 13.2 Å². The molecule has 0 bridgehead atoms. The Bertz CT molecular complexity index is 575. The van der Waals surface area contributed by atoms with Gasteiger partial charge < -0.3 is 9.47 Å². The Labute approximate surface area is 105 Å². The molecule has 0 aromatic heterocycles. The summed E-state index contributed by atoms with van der Waals surface area (Å²) in [5, 5.41) is 0. The molecule has 0 fully saturated rings. The number of hydrogen-bond acceptors (Lipinski definition) is 4. The zero-order valence-corrected chi connectivity index (χ0v) is 9.79. The van der Waals surface area contributed by atoms with E-state index in [0.29, 0.717) is 22.9 Å². The van der Waals surface area contributed by atoms with Gasteiger partial charge in [0.2, 0.25) is 6.08 Å². The highest BCUT2D eigenvalue weighted by Gasteiger charge is 2.05. The molecule has 90 valence electrons. The average molecular weight is 241 g/mol. The molecule has 4 heteroatoms. The molecule has 2 rings (SSSR count). The summed E-state index contributed by atoms with van der Waals surface area (Å²) in [6.45, 7) is 0. The van der Waals surface area contributed by atoms with Gasteiger partial charge in [0, 0.05) is 6.07 Å². The molecular formula is C14H11NO3. The minimum Gasteiger partial charge on any atom is -0.494 e. The maximum absolute atomic E-state index is 10.3. The topological polar surface area (TPSA) is 47.9 Å². The molecule has 2 aromatic rings. The van der Waals surface area contributed by atoms with Gasteiger partial charge in [-0.3, -0.25) is 0 Å². The molecule has 0 aliphatic heterocycles. The van der Waals surface area contributed by atoms with Crippen LogP contribution < -0.4 is 9.47 Å². The molecule has 0 unspecified atom stereocenters. The largest absolute Gasteiger partial charge is 0.494 e. The molecule has 0 aliphatic carbocycles. The molecular weight excluding hydrogens is 230 g/mol. The quantitative estimate of drug-likeness (QED) is 0.608. The van der Waals surface area contributed by atoms with Crippen LogP contribution in [0.1, 0.15) is 0 Å². The number of aliphatic imine (C=N–C) groups is 1. The minimum absolute atomic E-state index is 0.390. The fraction of sp³-hybridized carbons (Fsp3) is 0.0714. The predicted octanol–water partition coefficient (Wildman–Crippen LogP) is 3.45. The highest BCUT2D eigenvalue weighted by Crippen LogP contribution is 2.33. The third kappa shape index (κ3) is 2.75. The van der Waals surface area contributed by atoms with Gasteiger partial charge in [0.25, 0.3) is 0 Å². The number of methoxy groups -OCH3 is 1. The van der Waals surface area contributed by atoms with E-state index in [0.717, 1.165) is 0 Å². The van der Waals surface area contributed by atoms with Gasteiger partial charge in [-0.25, -0.2) is 4.79 Å². The second-order valence-corrected chi connectivity index (χ2v) is 3.45. The number of rotatable bonds is 4. The van der Waals surface area contributed by atoms with Gasteiger partial charge in [-0.15, -0.1) is 0 Å². The molecule has 2 aromatic carbocycles. The Kier molecular flexibility index (Phi) is 3.74. The molecule has 0 radical (unpaired) electrons. The summed E-state index contributed by atoms with van der Waals surface area (Å²) >= 11 is 0. The van der Waals surface area contributed by atoms with Gasteiger partial charge in [-0.05, 0) is 24.3 Å². The summed E-state index contributed by atoms with van der Waals surface area (Å²) in [5.41, 5.74) is 0.390. The van der Waals surface area contributed by atoms with Gasteiger partial charge >= 0.3 is 0 Å². The third-order valence-corrected chi connectivity index (χ3v) is 2.30. The Hall–Kier alpha value is -2.58. The second kappa shape index (κ2) is 5.66. The zero-order chi connectivity index (χ0) is 12.8. The van der Waals surface area contributed by atoms with Crippen LogP contribution in [0.5, 0.6) is 17.2 Å². The number of nitrogens with zero attached hydrogens (tertiary/aromatic N) is 1. The lowest BCUT2D eigenvalue weighted by Crippen LogP contribution is -1.86. The van der Waals surface area contributed by atoms with Gasteiger partial charge in [-0.2, -0.15) is 4.99 Å². The van der Waals surface area contributed by atoms with E-state index in [2.05, 4.69) is 4.99 Å². The Morgan fingerprint density at radius 3 is 2.50 bits per heavy atom. The molecule has 0 heterocycles. The molecule has 0 saturated carbocycles. The molecule has 0 atom stereocenters. The smallest absolute Gasteiger partial charge is 0.240 e. The number of hydrogen-bond donors (Lipinski definition) is 0. The Morgan fingerprint density at radius 1 is 1.06 bits per heavy atom. The van der Waals surface area contributed by atoms with Crippen molar-refractivity contribution in [3.8, 4) is 17.2 Å². The number of para-hydroxylation sites is 1. The summed E-state index contributed by atoms with van der Waals surface area (Å²) in [6.07, 6.45) is 1.49. The van der Waals surface area contributed by atoms with Crippen LogP contribution in [0, 0.1) is 0 Å². The van der Waals surface area contributed by atoms with Gasteiger partial charge in [0.05, 0.1) is 7.11 Å². The van der Waals surface area contributed by atoms with Crippen LogP contribution in [0.2, 0.25) is 0 Å². The number of carbonyl (C=O) groups excluding carboxylic acids is 1. The monoisotopic (exact) mass is 241 g/mol. The zero-order valence-electron chi connectivity index (χ0n) is 9.79. The fourth-order valence-corrected chi connectivity index (χ4v) is 1.49.